The van der Waals surface area contributed by atoms with Crippen LogP contribution in [0.3, 0.4) is 0 Å². The molecule has 2 saturated heterocycles. The number of halogens is 1. The summed E-state index contributed by atoms with van der Waals surface area (Å²) < 4.78 is 17.5. The highest BCUT2D eigenvalue weighted by Crippen LogP contribution is 2.32. The van der Waals surface area contributed by atoms with Gasteiger partial charge in [0, 0.05) is 36.8 Å². The molecular weight excluding hydrogens is 526 g/mol. The molecule has 2 aliphatic heterocycles. The summed E-state index contributed by atoms with van der Waals surface area (Å²) in [5.74, 6) is 7.22. The Labute approximate surface area is 230 Å². The maximum atomic E-state index is 12.3. The molecule has 0 aliphatic carbocycles. The predicted octanol–water partition coefficient (Wildman–Crippen LogP) is 4.56. The number of nitrogens with one attached hydrogen (secondary N) is 2. The Morgan fingerprint density at radius 3 is 2.95 bits per heavy atom. The van der Waals surface area contributed by atoms with Crippen molar-refractivity contribution in [3.05, 3.63) is 46.1 Å². The molecule has 2 aliphatic rings. The van der Waals surface area contributed by atoms with E-state index in [0.717, 1.165) is 26.3 Å². The van der Waals surface area contributed by atoms with Crippen LogP contribution in [0.1, 0.15) is 30.7 Å². The largest absolute Gasteiger partial charge is 0.445 e. The van der Waals surface area contributed by atoms with Crippen LogP contribution in [0.2, 0.25) is 5.02 Å². The van der Waals surface area contributed by atoms with Crippen molar-refractivity contribution in [2.75, 3.05) is 38.2 Å². The lowest BCUT2D eigenvalue weighted by atomic mass is 10.2. The monoisotopic (exact) mass is 555 g/mol. The smallest absolute Gasteiger partial charge is 0.410 e. The minimum atomic E-state index is -0.281. The topological polar surface area (TPSA) is 97.8 Å². The molecule has 11 heteroatoms. The number of hydrogen-bond acceptors (Lipinski definition) is 9. The van der Waals surface area contributed by atoms with E-state index in [1.54, 1.807) is 4.90 Å². The molecule has 2 atom stereocenters. The number of carbonyl (C=O) groups excluding carboxylic acids is 1. The number of ether oxygens (including phenoxy) is 3. The number of amides is 1. The van der Waals surface area contributed by atoms with Crippen molar-refractivity contribution >= 4 is 50.8 Å². The third-order valence-corrected chi connectivity index (χ3v) is 7.59. The molecule has 2 N–H and O–H groups in total. The molecule has 38 heavy (non-hydrogen) atoms. The first-order valence-electron chi connectivity index (χ1n) is 12.6. The Morgan fingerprint density at radius 1 is 1.32 bits per heavy atom. The van der Waals surface area contributed by atoms with E-state index in [1.807, 2.05) is 38.1 Å². The lowest BCUT2D eigenvalue weighted by Gasteiger charge is -2.27. The molecule has 2 fully saturated rings. The van der Waals surface area contributed by atoms with Gasteiger partial charge in [-0.25, -0.2) is 14.8 Å². The minimum Gasteiger partial charge on any atom is -0.445 e. The fourth-order valence-corrected chi connectivity index (χ4v) is 5.32. The van der Waals surface area contributed by atoms with Gasteiger partial charge in [0.1, 0.15) is 12.4 Å². The molecule has 4 heterocycles. The summed E-state index contributed by atoms with van der Waals surface area (Å²) in [6, 6.07) is 7.70. The van der Waals surface area contributed by atoms with E-state index in [1.165, 1.54) is 17.7 Å². The van der Waals surface area contributed by atoms with Crippen LogP contribution in [0, 0.1) is 11.8 Å². The Bertz CT molecular complexity index is 1350. The fraction of sp³-hybridized carbons (Fsp3) is 0.444. The van der Waals surface area contributed by atoms with E-state index < -0.39 is 0 Å². The molecule has 2 aromatic heterocycles. The maximum absolute atomic E-state index is 12.3. The van der Waals surface area contributed by atoms with Crippen LogP contribution in [0.15, 0.2) is 30.6 Å². The number of aromatic nitrogens is 2. The Kier molecular flexibility index (Phi) is 8.61. The zero-order valence-electron chi connectivity index (χ0n) is 21.3. The van der Waals surface area contributed by atoms with E-state index in [9.17, 15) is 4.79 Å². The summed E-state index contributed by atoms with van der Waals surface area (Å²) in [6.45, 7) is 7.29. The third-order valence-electron chi connectivity index (χ3n) is 6.20. The highest BCUT2D eigenvalue weighted by molar-refractivity contribution is 7.20. The molecule has 0 saturated carbocycles. The van der Waals surface area contributed by atoms with Crippen LogP contribution in [0.4, 0.5) is 16.3 Å². The maximum Gasteiger partial charge on any atom is 0.410 e. The molecule has 1 aromatic carbocycles. The number of anilines is 2. The van der Waals surface area contributed by atoms with Crippen molar-refractivity contribution in [2.24, 2.45) is 0 Å². The normalized spacial score (nSPS) is 19.4. The Morgan fingerprint density at radius 2 is 2.16 bits per heavy atom. The third kappa shape index (κ3) is 6.73. The van der Waals surface area contributed by atoms with Gasteiger partial charge in [-0.15, -0.1) is 11.3 Å². The SMILES string of the molecule is CC(C)OCc1ccc(Nc2ncnc3cc(C#CC4CC(OC(=O)N5CCOCC5)CN4)sc23)cc1Cl. The van der Waals surface area contributed by atoms with Gasteiger partial charge in [-0.3, -0.25) is 5.32 Å². The number of rotatable bonds is 6. The number of nitrogens with zero attached hydrogens (tertiary/aromatic N) is 3. The second kappa shape index (κ2) is 12.3. The number of thiophene rings is 1. The van der Waals surface area contributed by atoms with Crippen molar-refractivity contribution in [1.29, 1.82) is 0 Å². The molecule has 200 valence electrons. The molecule has 3 aromatic rings. The highest BCUT2D eigenvalue weighted by atomic mass is 35.5. The van der Waals surface area contributed by atoms with Gasteiger partial charge in [0.2, 0.25) is 0 Å². The number of benzene rings is 1. The van der Waals surface area contributed by atoms with Crippen molar-refractivity contribution in [3.63, 3.8) is 0 Å². The molecule has 9 nitrogen and oxygen atoms in total. The van der Waals surface area contributed by atoms with Gasteiger partial charge in [0.05, 0.1) is 47.1 Å². The van der Waals surface area contributed by atoms with Crippen LogP contribution in [0.5, 0.6) is 0 Å². The second-order valence-electron chi connectivity index (χ2n) is 9.41. The number of carbonyl (C=O) groups is 1. The molecule has 0 bridgehead atoms. The molecule has 5 rings (SSSR count). The summed E-state index contributed by atoms with van der Waals surface area (Å²) in [4.78, 5) is 23.8. The van der Waals surface area contributed by atoms with Gasteiger partial charge in [0.25, 0.3) is 0 Å². The average molecular weight is 556 g/mol. The first-order valence-corrected chi connectivity index (χ1v) is 13.8. The molecule has 2 unspecified atom stereocenters. The quantitative estimate of drug-likeness (QED) is 0.427. The van der Waals surface area contributed by atoms with Crippen LogP contribution >= 0.6 is 22.9 Å². The Hall–Kier alpha value is -2.94. The van der Waals surface area contributed by atoms with Crippen molar-refractivity contribution < 1.29 is 19.0 Å². The highest BCUT2D eigenvalue weighted by Gasteiger charge is 2.28. The molecular formula is C27H30ClN5O4S. The van der Waals surface area contributed by atoms with E-state index in [4.69, 9.17) is 25.8 Å². The van der Waals surface area contributed by atoms with E-state index in [2.05, 4.69) is 32.4 Å². The summed E-state index contributed by atoms with van der Waals surface area (Å²) in [7, 11) is 0. The zero-order valence-corrected chi connectivity index (χ0v) is 22.9. The van der Waals surface area contributed by atoms with Crippen molar-refractivity contribution in [3.8, 4) is 11.8 Å². The van der Waals surface area contributed by atoms with Crippen LogP contribution in [-0.2, 0) is 20.8 Å². The zero-order chi connectivity index (χ0) is 26.5. The molecule has 1 amide bonds. The van der Waals surface area contributed by atoms with E-state index >= 15 is 0 Å². The molecule has 0 radical (unpaired) electrons. The van der Waals surface area contributed by atoms with E-state index in [-0.39, 0.29) is 24.3 Å². The second-order valence-corrected chi connectivity index (χ2v) is 10.9. The van der Waals surface area contributed by atoms with Crippen molar-refractivity contribution in [1.82, 2.24) is 20.2 Å². The van der Waals surface area contributed by atoms with Crippen LogP contribution in [0.25, 0.3) is 10.2 Å². The Balaban J connectivity index is 1.21. The van der Waals surface area contributed by atoms with Gasteiger partial charge >= 0.3 is 6.09 Å². The van der Waals surface area contributed by atoms with E-state index in [0.29, 0.717) is 56.7 Å². The van der Waals surface area contributed by atoms with Gasteiger partial charge in [-0.2, -0.15) is 0 Å². The molecule has 0 spiro atoms. The van der Waals surface area contributed by atoms with Crippen molar-refractivity contribution in [2.45, 2.75) is 45.1 Å². The minimum absolute atomic E-state index is 0.0493. The lowest BCUT2D eigenvalue weighted by molar-refractivity contribution is 0.0156. The van der Waals surface area contributed by atoms with Crippen LogP contribution < -0.4 is 10.6 Å². The van der Waals surface area contributed by atoms with Gasteiger partial charge < -0.3 is 24.4 Å². The van der Waals surface area contributed by atoms with Gasteiger partial charge in [-0.1, -0.05) is 29.5 Å². The summed E-state index contributed by atoms with van der Waals surface area (Å²) >= 11 is 8.00. The predicted molar refractivity (Wildman–Crippen MR) is 148 cm³/mol. The summed E-state index contributed by atoms with van der Waals surface area (Å²) in [6.07, 6.45) is 1.85. The van der Waals surface area contributed by atoms with Crippen LogP contribution in [-0.4, -0.2) is 72.1 Å². The first kappa shape index (κ1) is 26.7. The fourth-order valence-electron chi connectivity index (χ4n) is 4.16. The summed E-state index contributed by atoms with van der Waals surface area (Å²) in [5, 5.41) is 7.33. The number of fused-ring (bicyclic) bond motifs is 1. The first-order chi connectivity index (χ1) is 18.4. The lowest BCUT2D eigenvalue weighted by Crippen LogP contribution is -2.42. The number of hydrogen-bond donors (Lipinski definition) is 2. The standard InChI is InChI=1S/C27H30ClN5O4S/c1-17(2)36-15-18-3-4-20(12-23(18)28)32-26-25-24(30-16-31-26)13-22(38-25)6-5-19-11-21(14-29-19)37-27(34)33-7-9-35-10-8-33/h3-4,12-13,16-17,19,21,29H,7-11,14-15H2,1-2H3,(H,30,31,32). The van der Waals surface area contributed by atoms with Gasteiger partial charge in [0.15, 0.2) is 5.82 Å². The summed E-state index contributed by atoms with van der Waals surface area (Å²) in [5.41, 5.74) is 2.59. The number of morpholine rings is 1. The average Bonchev–Trinajstić information content (AvgIpc) is 3.54. The van der Waals surface area contributed by atoms with Gasteiger partial charge in [-0.05, 0) is 37.6 Å².